The molecule has 0 radical (unpaired) electrons. The number of likely N-dealkylation sites (tertiary alicyclic amines) is 1. The number of nitrogens with one attached hydrogen (secondary N) is 2. The van der Waals surface area contributed by atoms with Crippen LogP contribution < -0.4 is 19.7 Å². The number of aliphatic carboxylic acids is 1. The third kappa shape index (κ3) is 8.21. The van der Waals surface area contributed by atoms with Gasteiger partial charge < -0.3 is 25.0 Å². The quantitative estimate of drug-likeness (QED) is 0.465. The molecular formula is C25H32F3N5O6S. The van der Waals surface area contributed by atoms with Gasteiger partial charge in [-0.1, -0.05) is 13.0 Å². The molecule has 3 N–H and O–H groups in total. The smallest absolute Gasteiger partial charge is 0.490 e. The molecule has 15 heteroatoms. The number of anilines is 2. The average Bonchev–Trinajstić information content (AvgIpc) is 2.93. The predicted octanol–water partition coefficient (Wildman–Crippen LogP) is 2.81. The molecule has 11 nitrogen and oxygen atoms in total. The van der Waals surface area contributed by atoms with E-state index in [1.54, 1.807) is 18.2 Å². The molecule has 0 saturated carbocycles. The number of methoxy groups -OCH3 is 1. The molecule has 0 spiro atoms. The molecule has 1 amide bonds. The maximum absolute atomic E-state index is 13.5. The first-order valence-corrected chi connectivity index (χ1v) is 14.0. The zero-order valence-electron chi connectivity index (χ0n) is 22.1. The van der Waals surface area contributed by atoms with Crippen LogP contribution in [-0.4, -0.2) is 87.8 Å². The van der Waals surface area contributed by atoms with E-state index in [0.717, 1.165) is 39.0 Å². The first kappa shape index (κ1) is 30.9. The van der Waals surface area contributed by atoms with Crippen LogP contribution in [0.5, 0.6) is 5.75 Å². The number of hydrogen-bond donors (Lipinski definition) is 3. The van der Waals surface area contributed by atoms with Gasteiger partial charge in [0.05, 0.1) is 29.5 Å². The molecular weight excluding hydrogens is 555 g/mol. The van der Waals surface area contributed by atoms with Gasteiger partial charge in [0.1, 0.15) is 11.6 Å². The fourth-order valence-electron chi connectivity index (χ4n) is 4.16. The van der Waals surface area contributed by atoms with Crippen molar-refractivity contribution in [3.05, 3.63) is 42.1 Å². The number of ether oxygens (including phenoxy) is 1. The van der Waals surface area contributed by atoms with Crippen LogP contribution in [-0.2, 0) is 14.8 Å². The number of amides is 1. The van der Waals surface area contributed by atoms with E-state index in [9.17, 15) is 26.4 Å². The van der Waals surface area contributed by atoms with Crippen molar-refractivity contribution in [2.75, 3.05) is 56.0 Å². The summed E-state index contributed by atoms with van der Waals surface area (Å²) in [6.07, 6.45) is -1.68. The van der Waals surface area contributed by atoms with Crippen molar-refractivity contribution in [2.24, 2.45) is 5.92 Å². The second-order valence-corrected chi connectivity index (χ2v) is 11.1. The number of carboxylic acid groups (broad SMARTS) is 1. The summed E-state index contributed by atoms with van der Waals surface area (Å²) in [7, 11) is -2.39. The molecule has 0 aliphatic carbocycles. The van der Waals surface area contributed by atoms with Gasteiger partial charge in [-0.25, -0.2) is 18.2 Å². The molecule has 220 valence electrons. The molecule has 2 aromatic rings. The van der Waals surface area contributed by atoms with Crippen LogP contribution >= 0.6 is 0 Å². The van der Waals surface area contributed by atoms with Gasteiger partial charge in [-0.15, -0.1) is 0 Å². The lowest BCUT2D eigenvalue weighted by Crippen LogP contribution is -2.45. The van der Waals surface area contributed by atoms with E-state index in [1.807, 2.05) is 4.90 Å². The van der Waals surface area contributed by atoms with Gasteiger partial charge >= 0.3 is 12.1 Å². The van der Waals surface area contributed by atoms with Gasteiger partial charge in [-0.05, 0) is 37.0 Å². The highest BCUT2D eigenvalue weighted by Crippen LogP contribution is 2.27. The highest BCUT2D eigenvalue weighted by molar-refractivity contribution is 7.92. The van der Waals surface area contributed by atoms with Crippen molar-refractivity contribution < 1.29 is 41.0 Å². The van der Waals surface area contributed by atoms with Crippen LogP contribution in [0.1, 0.15) is 30.1 Å². The number of sulfonamides is 1. The van der Waals surface area contributed by atoms with E-state index in [4.69, 9.17) is 14.6 Å². The minimum Gasteiger partial charge on any atom is -0.497 e. The first-order chi connectivity index (χ1) is 18.8. The fraction of sp³-hybridized carbons (Fsp3) is 0.480. The van der Waals surface area contributed by atoms with E-state index >= 15 is 0 Å². The van der Waals surface area contributed by atoms with Crippen LogP contribution in [0, 0.1) is 5.92 Å². The number of carboxylic acids is 1. The third-order valence-electron chi connectivity index (χ3n) is 6.43. The van der Waals surface area contributed by atoms with Crippen LogP contribution in [0.3, 0.4) is 0 Å². The number of hydrogen-bond acceptors (Lipinski definition) is 8. The second-order valence-electron chi connectivity index (χ2n) is 9.39. The van der Waals surface area contributed by atoms with Gasteiger partial charge in [0.2, 0.25) is 0 Å². The minimum atomic E-state index is -5.08. The Balaban J connectivity index is 0.000000559. The van der Waals surface area contributed by atoms with Crippen molar-refractivity contribution in [1.29, 1.82) is 0 Å². The summed E-state index contributed by atoms with van der Waals surface area (Å²) in [5.74, 6) is -1.22. The molecule has 1 aromatic carbocycles. The summed E-state index contributed by atoms with van der Waals surface area (Å²) in [6, 6.07) is 7.85. The second kappa shape index (κ2) is 13.2. The van der Waals surface area contributed by atoms with E-state index in [2.05, 4.69) is 26.8 Å². The number of aromatic nitrogens is 1. The normalized spacial score (nSPS) is 16.5. The Bertz CT molecular complexity index is 1290. The fourth-order valence-corrected chi connectivity index (χ4v) is 5.23. The molecule has 2 fully saturated rings. The standard InChI is InChI=1S/C23H31N5O4S.C2HF3O2/c1-17-6-10-28(11-7-17)23(29)21-14-18(16-25-22(21)27-12-8-24-9-13-27)26-33(30,31)20-5-3-4-19(15-20)32-2;3-2(4,5)1(6)7/h3-5,14-17,24,26H,6-13H2,1-2H3;(H,6,7). The molecule has 0 bridgehead atoms. The summed E-state index contributed by atoms with van der Waals surface area (Å²) in [6.45, 7) is 6.67. The van der Waals surface area contributed by atoms with Gasteiger partial charge in [0, 0.05) is 45.3 Å². The first-order valence-electron chi connectivity index (χ1n) is 12.5. The van der Waals surface area contributed by atoms with Crippen molar-refractivity contribution in [1.82, 2.24) is 15.2 Å². The van der Waals surface area contributed by atoms with Crippen LogP contribution in [0.15, 0.2) is 41.4 Å². The van der Waals surface area contributed by atoms with Gasteiger partial charge in [-0.2, -0.15) is 13.2 Å². The summed E-state index contributed by atoms with van der Waals surface area (Å²) < 4.78 is 65.4. The summed E-state index contributed by atoms with van der Waals surface area (Å²) in [5, 5.41) is 10.4. The number of benzene rings is 1. The Morgan fingerprint density at radius 1 is 1.12 bits per heavy atom. The number of piperidine rings is 1. The third-order valence-corrected chi connectivity index (χ3v) is 7.81. The largest absolute Gasteiger partial charge is 0.497 e. The van der Waals surface area contributed by atoms with Crippen molar-refractivity contribution >= 4 is 33.4 Å². The number of piperazine rings is 1. The summed E-state index contributed by atoms with van der Waals surface area (Å²) >= 11 is 0. The Morgan fingerprint density at radius 3 is 2.33 bits per heavy atom. The van der Waals surface area contributed by atoms with Crippen LogP contribution in [0.4, 0.5) is 24.7 Å². The number of carbonyl (C=O) groups excluding carboxylic acids is 1. The number of alkyl halides is 3. The Labute approximate surface area is 230 Å². The topological polar surface area (TPSA) is 141 Å². The summed E-state index contributed by atoms with van der Waals surface area (Å²) in [5.41, 5.74) is 0.683. The highest BCUT2D eigenvalue weighted by atomic mass is 32.2. The van der Waals surface area contributed by atoms with Crippen molar-refractivity contribution in [3.8, 4) is 5.75 Å². The van der Waals surface area contributed by atoms with Crippen LogP contribution in [0.25, 0.3) is 0 Å². The zero-order chi connectivity index (χ0) is 29.5. The molecule has 1 aromatic heterocycles. The van der Waals surface area contributed by atoms with Gasteiger partial charge in [0.15, 0.2) is 0 Å². The average molecular weight is 588 g/mol. The van der Waals surface area contributed by atoms with Crippen LogP contribution in [0.2, 0.25) is 0 Å². The molecule has 2 aliphatic heterocycles. The lowest BCUT2D eigenvalue weighted by Gasteiger charge is -2.33. The molecule has 2 aliphatic rings. The Hall–Kier alpha value is -3.59. The lowest BCUT2D eigenvalue weighted by atomic mass is 9.98. The SMILES string of the molecule is COc1cccc(S(=O)(=O)Nc2cnc(N3CCNCC3)c(C(=O)N3CCC(C)CC3)c2)c1.O=C(O)C(F)(F)F. The number of rotatable bonds is 6. The Morgan fingerprint density at radius 2 is 1.75 bits per heavy atom. The van der Waals surface area contributed by atoms with Gasteiger partial charge in [-0.3, -0.25) is 9.52 Å². The molecule has 3 heterocycles. The number of nitrogens with zero attached hydrogens (tertiary/aromatic N) is 3. The molecule has 0 unspecified atom stereocenters. The predicted molar refractivity (Wildman–Crippen MR) is 141 cm³/mol. The Kier molecular flexibility index (Phi) is 10.2. The van der Waals surface area contributed by atoms with Gasteiger partial charge in [0.25, 0.3) is 15.9 Å². The highest BCUT2D eigenvalue weighted by Gasteiger charge is 2.38. The summed E-state index contributed by atoms with van der Waals surface area (Å²) in [4.78, 5) is 30.9. The molecule has 4 rings (SSSR count). The molecule has 40 heavy (non-hydrogen) atoms. The molecule has 2 saturated heterocycles. The number of carbonyl (C=O) groups is 2. The van der Waals surface area contributed by atoms with E-state index in [-0.39, 0.29) is 16.5 Å². The zero-order valence-corrected chi connectivity index (χ0v) is 22.9. The lowest BCUT2D eigenvalue weighted by molar-refractivity contribution is -0.192. The maximum Gasteiger partial charge on any atom is 0.490 e. The van der Waals surface area contributed by atoms with E-state index in [1.165, 1.54) is 25.4 Å². The molecule has 0 atom stereocenters. The van der Waals surface area contributed by atoms with E-state index < -0.39 is 22.2 Å². The maximum atomic E-state index is 13.5. The number of pyridine rings is 1. The van der Waals surface area contributed by atoms with Crippen molar-refractivity contribution in [3.63, 3.8) is 0 Å². The van der Waals surface area contributed by atoms with E-state index in [0.29, 0.717) is 36.1 Å². The monoisotopic (exact) mass is 587 g/mol. The number of halogens is 3. The minimum absolute atomic E-state index is 0.0749. The van der Waals surface area contributed by atoms with Crippen molar-refractivity contribution in [2.45, 2.75) is 30.8 Å².